The summed E-state index contributed by atoms with van der Waals surface area (Å²) in [4.78, 5) is 24.9. The number of hydrogen-bond acceptors (Lipinski definition) is 12. The first-order chi connectivity index (χ1) is 21.6. The number of ketones is 2. The van der Waals surface area contributed by atoms with E-state index in [9.17, 15) is 20.0 Å². The van der Waals surface area contributed by atoms with Gasteiger partial charge in [-0.1, -0.05) is 0 Å². The Balaban J connectivity index is 0.000000172. The number of piperidine rings is 2. The predicted octanol–water partition coefficient (Wildman–Crippen LogP) is 3.93. The van der Waals surface area contributed by atoms with Gasteiger partial charge in [0, 0.05) is 91.5 Å². The lowest BCUT2D eigenvalue weighted by atomic mass is 9.65. The Hall–Kier alpha value is -1.06. The second-order valence-corrected chi connectivity index (χ2v) is 14.7. The number of Topliss-reactive ketones (excluding diaryl/α,β-unsaturated/α-hetero) is 2. The van der Waals surface area contributed by atoms with Crippen LogP contribution in [0.1, 0.15) is 110 Å². The lowest BCUT2D eigenvalue weighted by Gasteiger charge is -2.59. The molecule has 45 heavy (non-hydrogen) atoms. The first kappa shape index (κ1) is 33.8. The van der Waals surface area contributed by atoms with Crippen molar-refractivity contribution < 1.29 is 48.4 Å². The zero-order chi connectivity index (χ0) is 31.8. The third-order valence-electron chi connectivity index (χ3n) is 12.2. The molecule has 12 heteroatoms. The van der Waals surface area contributed by atoms with Crippen molar-refractivity contribution in [3.8, 4) is 0 Å². The summed E-state index contributed by atoms with van der Waals surface area (Å²) in [6, 6.07) is 0. The van der Waals surface area contributed by atoms with Crippen molar-refractivity contribution in [2.75, 3.05) is 53.4 Å². The molecule has 5 heterocycles. The molecule has 0 radical (unpaired) electrons. The van der Waals surface area contributed by atoms with Gasteiger partial charge in [0.2, 0.25) is 0 Å². The van der Waals surface area contributed by atoms with E-state index in [0.29, 0.717) is 97.6 Å². The van der Waals surface area contributed by atoms with E-state index in [1.165, 1.54) is 5.06 Å². The molecule has 5 saturated heterocycles. The molecule has 0 aromatic rings. The second-order valence-electron chi connectivity index (χ2n) is 14.7. The minimum Gasteiger partial charge on any atom is -0.381 e. The smallest absolute Gasteiger partial charge is 0.168 e. The second kappa shape index (κ2) is 13.1. The van der Waals surface area contributed by atoms with Crippen molar-refractivity contribution in [3.05, 3.63) is 0 Å². The van der Waals surface area contributed by atoms with Crippen molar-refractivity contribution in [1.29, 1.82) is 0 Å². The van der Waals surface area contributed by atoms with E-state index >= 15 is 0 Å². The Morgan fingerprint density at radius 1 is 0.600 bits per heavy atom. The highest BCUT2D eigenvalue weighted by atomic mass is 16.7. The normalized spacial score (nSPS) is 36.1. The third kappa shape index (κ3) is 6.29. The van der Waals surface area contributed by atoms with Gasteiger partial charge in [0.15, 0.2) is 11.6 Å². The van der Waals surface area contributed by atoms with Gasteiger partial charge in [-0.3, -0.25) is 9.59 Å². The Morgan fingerprint density at radius 2 is 0.978 bits per heavy atom. The Morgan fingerprint density at radius 3 is 1.36 bits per heavy atom. The van der Waals surface area contributed by atoms with Gasteiger partial charge >= 0.3 is 0 Å². The summed E-state index contributed by atoms with van der Waals surface area (Å²) >= 11 is 0. The Labute approximate surface area is 266 Å². The van der Waals surface area contributed by atoms with Crippen LogP contribution in [0.15, 0.2) is 0 Å². The lowest BCUT2D eigenvalue weighted by molar-refractivity contribution is -0.310. The minimum atomic E-state index is -0.587. The number of ether oxygens (including phenoxy) is 6. The van der Waals surface area contributed by atoms with Gasteiger partial charge in [0.25, 0.3) is 0 Å². The summed E-state index contributed by atoms with van der Waals surface area (Å²) in [5, 5.41) is 25.3. The largest absolute Gasteiger partial charge is 0.381 e. The van der Waals surface area contributed by atoms with Gasteiger partial charge in [-0.25, -0.2) is 0 Å². The topological polar surface area (TPSA) is 136 Å². The number of rotatable bonds is 3. The van der Waals surface area contributed by atoms with Crippen LogP contribution in [0.2, 0.25) is 0 Å². The summed E-state index contributed by atoms with van der Waals surface area (Å²) in [5.41, 5.74) is -1.76. The van der Waals surface area contributed by atoms with E-state index in [0.717, 1.165) is 51.4 Å². The minimum absolute atomic E-state index is 0.255. The zero-order valence-electron chi connectivity index (χ0n) is 27.3. The number of methoxy groups -OCH3 is 1. The van der Waals surface area contributed by atoms with Crippen molar-refractivity contribution >= 4 is 11.6 Å². The average molecular weight is 639 g/mol. The summed E-state index contributed by atoms with van der Waals surface area (Å²) in [5.74, 6) is -0.543. The van der Waals surface area contributed by atoms with E-state index in [-0.39, 0.29) is 22.6 Å². The number of hydrogen-bond donors (Lipinski definition) is 2. The van der Waals surface area contributed by atoms with Crippen LogP contribution in [-0.2, 0) is 38.0 Å². The number of hydroxylamine groups is 4. The molecule has 2 aliphatic carbocycles. The van der Waals surface area contributed by atoms with Crippen molar-refractivity contribution in [3.63, 3.8) is 0 Å². The SMILES string of the molecule is CCOC1(OC)CCC2(CC1)CC(=O)CC1(CCC3(CC1)OCCO3)N2O.O=C1CC2(CCOCC2)N(O)C2(CCOCC2)C1. The highest BCUT2D eigenvalue weighted by molar-refractivity contribution is 5.82. The van der Waals surface area contributed by atoms with Crippen molar-refractivity contribution in [2.45, 2.75) is 143 Å². The monoisotopic (exact) mass is 638 g/mol. The molecule has 7 rings (SSSR count). The van der Waals surface area contributed by atoms with Gasteiger partial charge in [-0.2, -0.15) is 10.1 Å². The molecule has 2 saturated carbocycles. The third-order valence-corrected chi connectivity index (χ3v) is 12.2. The van der Waals surface area contributed by atoms with Crippen molar-refractivity contribution in [1.82, 2.24) is 10.1 Å². The highest BCUT2D eigenvalue weighted by Crippen LogP contribution is 2.53. The van der Waals surface area contributed by atoms with E-state index in [1.807, 2.05) is 6.92 Å². The van der Waals surface area contributed by atoms with Crippen LogP contribution in [0.4, 0.5) is 0 Å². The standard InChI is InChI=1S/C20H33NO6.C13H21NO4/c1-3-25-19(24-2)8-4-17(5-9-19)14-16(22)15-18(21(17)23)6-10-20(11-7-18)26-12-13-27-20;15-11-9-12(1-5-17-6-2-12)14(16)13(10-11)3-7-18-8-4-13/h23H,3-15H2,1-2H3;16H,1-10H2. The van der Waals surface area contributed by atoms with E-state index in [4.69, 9.17) is 28.4 Å². The number of carbonyl (C=O) groups excluding carboxylic acids is 2. The molecule has 0 bridgehead atoms. The molecule has 7 aliphatic rings. The molecule has 5 aliphatic heterocycles. The molecule has 0 aromatic heterocycles. The molecule has 2 N–H and O–H groups in total. The molecule has 12 nitrogen and oxygen atoms in total. The van der Waals surface area contributed by atoms with E-state index in [2.05, 4.69) is 0 Å². The van der Waals surface area contributed by atoms with E-state index < -0.39 is 22.7 Å². The molecular weight excluding hydrogens is 584 g/mol. The summed E-state index contributed by atoms with van der Waals surface area (Å²) in [6.07, 6.45) is 10.4. The highest BCUT2D eigenvalue weighted by Gasteiger charge is 2.60. The quantitative estimate of drug-likeness (QED) is 0.434. The zero-order valence-corrected chi connectivity index (χ0v) is 27.3. The Bertz CT molecular complexity index is 1020. The van der Waals surface area contributed by atoms with Crippen LogP contribution in [0.3, 0.4) is 0 Å². The van der Waals surface area contributed by atoms with Gasteiger partial charge in [0.1, 0.15) is 11.6 Å². The predicted molar refractivity (Wildman–Crippen MR) is 160 cm³/mol. The summed E-state index contributed by atoms with van der Waals surface area (Å²) in [6.45, 7) is 6.37. The fraction of sp³-hybridized carbons (Fsp3) is 0.939. The van der Waals surface area contributed by atoms with E-state index in [1.54, 1.807) is 12.2 Å². The van der Waals surface area contributed by atoms with Crippen LogP contribution in [-0.4, -0.2) is 119 Å². The van der Waals surface area contributed by atoms with Crippen molar-refractivity contribution in [2.24, 2.45) is 0 Å². The molecule has 0 amide bonds. The van der Waals surface area contributed by atoms with Gasteiger partial charge < -0.3 is 38.8 Å². The molecular formula is C33H54N2O10. The van der Waals surface area contributed by atoms with Gasteiger partial charge in [-0.15, -0.1) is 0 Å². The fourth-order valence-electron chi connectivity index (χ4n) is 9.60. The van der Waals surface area contributed by atoms with Crippen LogP contribution in [0.5, 0.6) is 0 Å². The molecule has 7 fully saturated rings. The fourth-order valence-corrected chi connectivity index (χ4v) is 9.60. The average Bonchev–Trinajstić information content (AvgIpc) is 3.51. The summed E-state index contributed by atoms with van der Waals surface area (Å²) < 4.78 is 34.0. The number of carbonyl (C=O) groups is 2. The maximum atomic E-state index is 12.8. The molecule has 0 atom stereocenters. The van der Waals surface area contributed by atoms with Crippen LogP contribution in [0.25, 0.3) is 0 Å². The van der Waals surface area contributed by atoms with Crippen LogP contribution < -0.4 is 0 Å². The summed E-state index contributed by atoms with van der Waals surface area (Å²) in [7, 11) is 1.68. The maximum Gasteiger partial charge on any atom is 0.168 e. The molecule has 0 aromatic carbocycles. The Kier molecular flexibility index (Phi) is 9.85. The molecule has 256 valence electrons. The molecule has 0 unspecified atom stereocenters. The lowest BCUT2D eigenvalue weighted by Crippen LogP contribution is -2.68. The maximum absolute atomic E-state index is 12.8. The first-order valence-corrected chi connectivity index (χ1v) is 17.2. The van der Waals surface area contributed by atoms with Gasteiger partial charge in [0.05, 0.1) is 35.4 Å². The molecule has 5 spiro atoms. The number of nitrogens with zero attached hydrogens (tertiary/aromatic N) is 2. The van der Waals surface area contributed by atoms with Gasteiger partial charge in [-0.05, 0) is 58.3 Å². The first-order valence-electron chi connectivity index (χ1n) is 17.2. The van der Waals surface area contributed by atoms with Crippen LogP contribution in [0, 0.1) is 0 Å². The van der Waals surface area contributed by atoms with Crippen LogP contribution >= 0.6 is 0 Å².